The second-order valence-electron chi connectivity index (χ2n) is 4.32. The molecule has 108 valence electrons. The molecule has 1 heterocycles. The van der Waals surface area contributed by atoms with Crippen LogP contribution in [0.5, 0.6) is 0 Å². The van der Waals surface area contributed by atoms with Gasteiger partial charge in [-0.1, -0.05) is 13.0 Å². The molecule has 4 nitrogen and oxygen atoms in total. The van der Waals surface area contributed by atoms with Crippen LogP contribution >= 0.6 is 11.3 Å². The summed E-state index contributed by atoms with van der Waals surface area (Å²) in [5.74, 6) is 0. The van der Waals surface area contributed by atoms with E-state index in [2.05, 4.69) is 11.9 Å². The van der Waals surface area contributed by atoms with Gasteiger partial charge in [0.15, 0.2) is 0 Å². The Morgan fingerprint density at radius 3 is 2.74 bits per heavy atom. The van der Waals surface area contributed by atoms with Crippen molar-refractivity contribution >= 4 is 21.4 Å². The second kappa shape index (κ2) is 7.19. The van der Waals surface area contributed by atoms with E-state index in [-0.39, 0.29) is 0 Å². The maximum Gasteiger partial charge on any atom is 0.244 e. The van der Waals surface area contributed by atoms with Crippen molar-refractivity contribution in [1.82, 2.24) is 9.62 Å². The number of thiophene rings is 1. The lowest BCUT2D eigenvalue weighted by Crippen LogP contribution is -2.32. The van der Waals surface area contributed by atoms with Crippen molar-refractivity contribution in [3.8, 4) is 0 Å². The van der Waals surface area contributed by atoms with Gasteiger partial charge < -0.3 is 5.32 Å². The molecule has 0 saturated carbocycles. The third-order valence-corrected chi connectivity index (χ3v) is 5.87. The van der Waals surface area contributed by atoms with E-state index in [0.29, 0.717) is 24.5 Å². The molecule has 0 aliphatic rings. The topological polar surface area (TPSA) is 49.4 Å². The average Bonchev–Trinajstić information content (AvgIpc) is 2.71. The standard InChI is InChI=1S/C13H22N2O2S2/c1-5-7-15(8-6-2)19(16,17)13-9-12(10-14-4)18-11(13)3/h5,9,14H,1,6-8,10H2,2-4H3. The molecule has 0 bridgehead atoms. The number of rotatable bonds is 8. The number of nitrogens with zero attached hydrogens (tertiary/aromatic N) is 1. The van der Waals surface area contributed by atoms with Crippen LogP contribution in [0.1, 0.15) is 23.1 Å². The number of aryl methyl sites for hydroxylation is 1. The molecule has 0 spiro atoms. The third kappa shape index (κ3) is 3.89. The Labute approximate surface area is 120 Å². The molecule has 0 fully saturated rings. The van der Waals surface area contributed by atoms with Gasteiger partial charge in [0.2, 0.25) is 10.0 Å². The van der Waals surface area contributed by atoms with Gasteiger partial charge in [0.05, 0.1) is 4.90 Å². The molecule has 0 aliphatic heterocycles. The predicted molar refractivity (Wildman–Crippen MR) is 81.1 cm³/mol. The van der Waals surface area contributed by atoms with Crippen LogP contribution in [-0.2, 0) is 16.6 Å². The first-order valence-electron chi connectivity index (χ1n) is 6.32. The van der Waals surface area contributed by atoms with E-state index in [9.17, 15) is 8.42 Å². The predicted octanol–water partition coefficient (Wildman–Crippen LogP) is 2.36. The number of nitrogens with one attached hydrogen (secondary N) is 1. The van der Waals surface area contributed by atoms with E-state index in [1.807, 2.05) is 20.9 Å². The molecule has 0 unspecified atom stereocenters. The molecule has 0 amide bonds. The SMILES string of the molecule is C=CCN(CCC)S(=O)(=O)c1cc(CNC)sc1C. The summed E-state index contributed by atoms with van der Waals surface area (Å²) in [5, 5.41) is 3.04. The smallest absolute Gasteiger partial charge is 0.244 e. The van der Waals surface area contributed by atoms with Crippen molar-refractivity contribution < 1.29 is 8.42 Å². The van der Waals surface area contributed by atoms with E-state index < -0.39 is 10.0 Å². The molecule has 19 heavy (non-hydrogen) atoms. The number of sulfonamides is 1. The molecule has 0 aliphatic carbocycles. The molecule has 0 atom stereocenters. The van der Waals surface area contributed by atoms with Crippen LogP contribution in [0.15, 0.2) is 23.6 Å². The summed E-state index contributed by atoms with van der Waals surface area (Å²) in [5.41, 5.74) is 0. The van der Waals surface area contributed by atoms with Crippen molar-refractivity contribution in [3.63, 3.8) is 0 Å². The normalized spacial score (nSPS) is 12.0. The van der Waals surface area contributed by atoms with Crippen LogP contribution in [0, 0.1) is 6.92 Å². The van der Waals surface area contributed by atoms with Gasteiger partial charge in [0.1, 0.15) is 0 Å². The van der Waals surface area contributed by atoms with Crippen LogP contribution in [0.3, 0.4) is 0 Å². The lowest BCUT2D eigenvalue weighted by atomic mass is 10.4. The number of hydrogen-bond donors (Lipinski definition) is 1. The highest BCUT2D eigenvalue weighted by Gasteiger charge is 2.26. The zero-order valence-corrected chi connectivity index (χ0v) is 13.4. The summed E-state index contributed by atoms with van der Waals surface area (Å²) < 4.78 is 26.7. The number of hydrogen-bond acceptors (Lipinski definition) is 4. The first-order valence-corrected chi connectivity index (χ1v) is 8.58. The molecule has 1 N–H and O–H groups in total. The monoisotopic (exact) mass is 302 g/mol. The second-order valence-corrected chi connectivity index (χ2v) is 7.56. The van der Waals surface area contributed by atoms with Gasteiger partial charge in [0.25, 0.3) is 0 Å². The van der Waals surface area contributed by atoms with E-state index >= 15 is 0 Å². The first-order chi connectivity index (χ1) is 8.97. The molecule has 0 radical (unpaired) electrons. The Bertz CT molecular complexity index is 521. The summed E-state index contributed by atoms with van der Waals surface area (Å²) in [6.45, 7) is 9.02. The zero-order valence-electron chi connectivity index (χ0n) is 11.8. The zero-order chi connectivity index (χ0) is 14.5. The Hall–Kier alpha value is -0.690. The highest BCUT2D eigenvalue weighted by molar-refractivity contribution is 7.89. The van der Waals surface area contributed by atoms with Crippen molar-refractivity contribution in [1.29, 1.82) is 0 Å². The van der Waals surface area contributed by atoms with Crippen molar-refractivity contribution in [3.05, 3.63) is 28.5 Å². The highest BCUT2D eigenvalue weighted by Crippen LogP contribution is 2.28. The summed E-state index contributed by atoms with van der Waals surface area (Å²) >= 11 is 1.53. The maximum absolute atomic E-state index is 12.6. The first kappa shape index (κ1) is 16.4. The van der Waals surface area contributed by atoms with Gasteiger partial charge in [-0.25, -0.2) is 8.42 Å². The molecule has 0 saturated heterocycles. The van der Waals surface area contributed by atoms with Gasteiger partial charge in [-0.2, -0.15) is 4.31 Å². The minimum absolute atomic E-state index is 0.354. The molecule has 1 aromatic rings. The van der Waals surface area contributed by atoms with E-state index in [1.165, 1.54) is 15.6 Å². The van der Waals surface area contributed by atoms with E-state index in [4.69, 9.17) is 0 Å². The Kier molecular flexibility index (Phi) is 6.19. The summed E-state index contributed by atoms with van der Waals surface area (Å²) in [6.07, 6.45) is 2.42. The molecular formula is C13H22N2O2S2. The molecule has 6 heteroatoms. The van der Waals surface area contributed by atoms with Crippen molar-refractivity contribution in [2.75, 3.05) is 20.1 Å². The molecule has 1 rings (SSSR count). The van der Waals surface area contributed by atoms with Crippen LogP contribution in [0.4, 0.5) is 0 Å². The molecule has 0 aromatic carbocycles. The lowest BCUT2D eigenvalue weighted by Gasteiger charge is -2.19. The Morgan fingerprint density at radius 1 is 1.53 bits per heavy atom. The van der Waals surface area contributed by atoms with Gasteiger partial charge in [-0.05, 0) is 26.5 Å². The Balaban J connectivity index is 3.13. The van der Waals surface area contributed by atoms with Crippen LogP contribution < -0.4 is 5.32 Å². The molecule has 1 aromatic heterocycles. The summed E-state index contributed by atoms with van der Waals surface area (Å²) in [7, 11) is -1.56. The third-order valence-electron chi connectivity index (χ3n) is 2.70. The van der Waals surface area contributed by atoms with Crippen LogP contribution in [-0.4, -0.2) is 32.9 Å². The average molecular weight is 302 g/mol. The molecular weight excluding hydrogens is 280 g/mol. The fourth-order valence-electron chi connectivity index (χ4n) is 1.88. The van der Waals surface area contributed by atoms with Gasteiger partial charge in [0, 0.05) is 29.4 Å². The van der Waals surface area contributed by atoms with Crippen molar-refractivity contribution in [2.24, 2.45) is 0 Å². The largest absolute Gasteiger partial charge is 0.315 e. The highest BCUT2D eigenvalue weighted by atomic mass is 32.2. The Morgan fingerprint density at radius 2 is 2.21 bits per heavy atom. The minimum atomic E-state index is -3.41. The van der Waals surface area contributed by atoms with Gasteiger partial charge in [-0.15, -0.1) is 17.9 Å². The van der Waals surface area contributed by atoms with Gasteiger partial charge in [-0.3, -0.25) is 0 Å². The summed E-state index contributed by atoms with van der Waals surface area (Å²) in [6, 6.07) is 1.78. The lowest BCUT2D eigenvalue weighted by molar-refractivity contribution is 0.441. The van der Waals surface area contributed by atoms with Gasteiger partial charge >= 0.3 is 0 Å². The summed E-state index contributed by atoms with van der Waals surface area (Å²) in [4.78, 5) is 2.31. The van der Waals surface area contributed by atoms with Crippen molar-refractivity contribution in [2.45, 2.75) is 31.7 Å². The maximum atomic E-state index is 12.6. The van der Waals surface area contributed by atoms with E-state index in [1.54, 1.807) is 12.1 Å². The minimum Gasteiger partial charge on any atom is -0.315 e. The van der Waals surface area contributed by atoms with E-state index in [0.717, 1.165) is 16.2 Å². The quantitative estimate of drug-likeness (QED) is 0.750. The fraction of sp³-hybridized carbons (Fsp3) is 0.538. The van der Waals surface area contributed by atoms with Crippen LogP contribution in [0.2, 0.25) is 0 Å². The fourth-order valence-corrected chi connectivity index (χ4v) is 5.00. The van der Waals surface area contributed by atoms with Crippen LogP contribution in [0.25, 0.3) is 0 Å².